The first-order chi connectivity index (χ1) is 12.1. The average Bonchev–Trinajstić information content (AvgIpc) is 2.64. The summed E-state index contributed by atoms with van der Waals surface area (Å²) in [5, 5.41) is 2.55. The van der Waals surface area contributed by atoms with Gasteiger partial charge >= 0.3 is 6.09 Å². The Morgan fingerprint density at radius 1 is 1.00 bits per heavy atom. The lowest BCUT2D eigenvalue weighted by molar-refractivity contribution is -0.142. The zero-order chi connectivity index (χ0) is 17.6. The van der Waals surface area contributed by atoms with Crippen molar-refractivity contribution >= 4 is 17.9 Å². The molecule has 0 radical (unpaired) electrons. The summed E-state index contributed by atoms with van der Waals surface area (Å²) in [7, 11) is 0. The zero-order valence-corrected chi connectivity index (χ0v) is 13.6. The van der Waals surface area contributed by atoms with Crippen LogP contribution >= 0.6 is 0 Å². The summed E-state index contributed by atoms with van der Waals surface area (Å²) in [5.41, 5.74) is 1.58. The lowest BCUT2D eigenvalue weighted by atomic mass is 10.1. The Morgan fingerprint density at radius 3 is 2.12 bits per heavy atom. The molecule has 3 amide bonds. The van der Waals surface area contributed by atoms with Crippen LogP contribution in [0.25, 0.3) is 0 Å². The molecule has 0 bridgehead atoms. The van der Waals surface area contributed by atoms with E-state index in [1.807, 2.05) is 48.5 Å². The van der Waals surface area contributed by atoms with Crippen LogP contribution in [0.4, 0.5) is 4.79 Å². The molecule has 2 aromatic carbocycles. The molecule has 25 heavy (non-hydrogen) atoms. The number of carbonyl (C=O) groups is 3. The predicted molar refractivity (Wildman–Crippen MR) is 90.4 cm³/mol. The molecule has 1 atom stereocenters. The highest BCUT2D eigenvalue weighted by molar-refractivity contribution is 6.01. The summed E-state index contributed by atoms with van der Waals surface area (Å²) in [6, 6.07) is 17.4. The molecular weight excluding hydrogens is 320 g/mol. The van der Waals surface area contributed by atoms with E-state index >= 15 is 0 Å². The summed E-state index contributed by atoms with van der Waals surface area (Å²) in [6.07, 6.45) is -0.768. The maximum atomic E-state index is 12.6. The number of carbonyl (C=O) groups excluding carboxylic acids is 3. The Labute approximate surface area is 145 Å². The van der Waals surface area contributed by atoms with E-state index < -0.39 is 18.0 Å². The van der Waals surface area contributed by atoms with Crippen LogP contribution in [0, 0.1) is 0 Å². The van der Waals surface area contributed by atoms with Crippen molar-refractivity contribution in [2.75, 3.05) is 6.54 Å². The number of β-lactam (4-membered cyclic amide) rings is 1. The van der Waals surface area contributed by atoms with Crippen LogP contribution in [-0.4, -0.2) is 35.4 Å². The summed E-state index contributed by atoms with van der Waals surface area (Å²) >= 11 is 0. The van der Waals surface area contributed by atoms with Gasteiger partial charge in [0.25, 0.3) is 0 Å². The quantitative estimate of drug-likeness (QED) is 0.845. The molecule has 0 aliphatic carbocycles. The van der Waals surface area contributed by atoms with Crippen LogP contribution in [0.3, 0.4) is 0 Å². The fourth-order valence-electron chi connectivity index (χ4n) is 2.53. The van der Waals surface area contributed by atoms with Crippen LogP contribution in [-0.2, 0) is 27.4 Å². The normalized spacial score (nSPS) is 15.7. The van der Waals surface area contributed by atoms with E-state index in [2.05, 4.69) is 5.32 Å². The fraction of sp³-hybridized carbons (Fsp3) is 0.211. The molecule has 1 fully saturated rings. The lowest BCUT2D eigenvalue weighted by Crippen LogP contribution is -2.64. The minimum atomic E-state index is -0.806. The maximum Gasteiger partial charge on any atom is 0.417 e. The molecule has 1 aliphatic heterocycles. The van der Waals surface area contributed by atoms with Gasteiger partial charge in [-0.25, -0.2) is 9.69 Å². The summed E-state index contributed by atoms with van der Waals surface area (Å²) in [5.74, 6) is -0.804. The van der Waals surface area contributed by atoms with Gasteiger partial charge in [-0.05, 0) is 11.1 Å². The molecule has 0 spiro atoms. The van der Waals surface area contributed by atoms with Gasteiger partial charge in [0.15, 0.2) is 0 Å². The minimum absolute atomic E-state index is 0.0328. The number of imide groups is 1. The van der Waals surface area contributed by atoms with Crippen molar-refractivity contribution in [1.29, 1.82) is 0 Å². The Hall–Kier alpha value is -3.15. The van der Waals surface area contributed by atoms with Gasteiger partial charge in [-0.2, -0.15) is 0 Å². The van der Waals surface area contributed by atoms with Crippen LogP contribution < -0.4 is 5.32 Å². The monoisotopic (exact) mass is 338 g/mol. The molecular formula is C19H18N2O4. The predicted octanol–water partition coefficient (Wildman–Crippen LogP) is 1.89. The number of nitrogens with zero attached hydrogens (tertiary/aromatic N) is 1. The number of ether oxygens (including phenoxy) is 1. The van der Waals surface area contributed by atoms with Crippen molar-refractivity contribution in [3.8, 4) is 0 Å². The van der Waals surface area contributed by atoms with E-state index in [0.717, 1.165) is 16.0 Å². The third-order valence-corrected chi connectivity index (χ3v) is 3.95. The van der Waals surface area contributed by atoms with E-state index in [1.165, 1.54) is 0 Å². The van der Waals surface area contributed by atoms with Crippen molar-refractivity contribution < 1.29 is 19.1 Å². The van der Waals surface area contributed by atoms with Gasteiger partial charge in [0.05, 0.1) is 6.42 Å². The number of nitrogens with one attached hydrogen (secondary N) is 1. The highest BCUT2D eigenvalue weighted by Gasteiger charge is 2.41. The molecule has 6 nitrogen and oxygen atoms in total. The Balaban J connectivity index is 1.69. The van der Waals surface area contributed by atoms with E-state index in [1.54, 1.807) is 12.1 Å². The second-order valence-electron chi connectivity index (χ2n) is 5.73. The van der Waals surface area contributed by atoms with Crippen LogP contribution in [0.2, 0.25) is 0 Å². The largest absolute Gasteiger partial charge is 0.444 e. The highest BCUT2D eigenvalue weighted by Crippen LogP contribution is 2.14. The van der Waals surface area contributed by atoms with Crippen LogP contribution in [0.5, 0.6) is 0 Å². The first-order valence-electron chi connectivity index (χ1n) is 7.99. The van der Waals surface area contributed by atoms with Gasteiger partial charge in [-0.1, -0.05) is 60.7 Å². The smallest absolute Gasteiger partial charge is 0.417 e. The number of benzene rings is 2. The lowest BCUT2D eigenvalue weighted by Gasteiger charge is -2.34. The third-order valence-electron chi connectivity index (χ3n) is 3.95. The van der Waals surface area contributed by atoms with Crippen molar-refractivity contribution in [3.05, 3.63) is 71.8 Å². The molecule has 1 N–H and O–H groups in total. The molecule has 1 heterocycles. The van der Waals surface area contributed by atoms with Gasteiger partial charge in [-0.15, -0.1) is 0 Å². The van der Waals surface area contributed by atoms with Gasteiger partial charge in [0, 0.05) is 6.54 Å². The molecule has 0 saturated carbocycles. The SMILES string of the molecule is O=C1NC[C@@H]1N(C(=O)Cc1ccccc1)C(=O)OCc1ccccc1. The molecule has 0 aromatic heterocycles. The summed E-state index contributed by atoms with van der Waals surface area (Å²) < 4.78 is 5.24. The van der Waals surface area contributed by atoms with E-state index in [-0.39, 0.29) is 25.5 Å². The number of hydrogen-bond donors (Lipinski definition) is 1. The van der Waals surface area contributed by atoms with Gasteiger partial charge < -0.3 is 10.1 Å². The summed E-state index contributed by atoms with van der Waals surface area (Å²) in [6.45, 7) is 0.295. The Kier molecular flexibility index (Phi) is 5.09. The third kappa shape index (κ3) is 4.03. The topological polar surface area (TPSA) is 75.7 Å². The zero-order valence-electron chi connectivity index (χ0n) is 13.6. The molecule has 128 valence electrons. The average molecular weight is 338 g/mol. The van der Waals surface area contributed by atoms with Crippen molar-refractivity contribution in [3.63, 3.8) is 0 Å². The van der Waals surface area contributed by atoms with Crippen molar-refractivity contribution in [2.45, 2.75) is 19.1 Å². The maximum absolute atomic E-state index is 12.6. The van der Waals surface area contributed by atoms with Crippen LogP contribution in [0.1, 0.15) is 11.1 Å². The van der Waals surface area contributed by atoms with E-state index in [0.29, 0.717) is 0 Å². The van der Waals surface area contributed by atoms with Crippen molar-refractivity contribution in [2.24, 2.45) is 0 Å². The molecule has 2 aromatic rings. The second kappa shape index (κ2) is 7.61. The minimum Gasteiger partial charge on any atom is -0.444 e. The van der Waals surface area contributed by atoms with Crippen LogP contribution in [0.15, 0.2) is 60.7 Å². The first-order valence-corrected chi connectivity index (χ1v) is 7.99. The number of hydrogen-bond acceptors (Lipinski definition) is 4. The molecule has 1 saturated heterocycles. The second-order valence-corrected chi connectivity index (χ2v) is 5.73. The molecule has 3 rings (SSSR count). The van der Waals surface area contributed by atoms with E-state index in [9.17, 15) is 14.4 Å². The molecule has 1 aliphatic rings. The van der Waals surface area contributed by atoms with E-state index in [4.69, 9.17) is 4.74 Å². The number of rotatable bonds is 5. The van der Waals surface area contributed by atoms with Gasteiger partial charge in [0.1, 0.15) is 12.6 Å². The van der Waals surface area contributed by atoms with Gasteiger partial charge in [-0.3, -0.25) is 9.59 Å². The Morgan fingerprint density at radius 2 is 1.60 bits per heavy atom. The number of amides is 3. The van der Waals surface area contributed by atoms with Crippen molar-refractivity contribution in [1.82, 2.24) is 10.2 Å². The molecule has 0 unspecified atom stereocenters. The standard InChI is InChI=1S/C19H18N2O4/c22-17(11-14-7-3-1-4-8-14)21(16-12-20-18(16)23)19(24)25-13-15-9-5-2-6-10-15/h1-10,16H,11-13H2,(H,20,23)/t16-/m0/s1. The van der Waals surface area contributed by atoms with Gasteiger partial charge in [0.2, 0.25) is 11.8 Å². The summed E-state index contributed by atoms with van der Waals surface area (Å²) in [4.78, 5) is 37.6. The first kappa shape index (κ1) is 16.7. The highest BCUT2D eigenvalue weighted by atomic mass is 16.6. The molecule has 6 heteroatoms. The fourth-order valence-corrected chi connectivity index (χ4v) is 2.53. The Bertz CT molecular complexity index is 762.